The number of rotatable bonds is 6. The van der Waals surface area contributed by atoms with Crippen LogP contribution in [0.15, 0.2) is 29.6 Å². The maximum absolute atomic E-state index is 12.4. The van der Waals surface area contributed by atoms with Gasteiger partial charge < -0.3 is 4.90 Å². The van der Waals surface area contributed by atoms with Crippen molar-refractivity contribution in [3.63, 3.8) is 0 Å². The monoisotopic (exact) mass is 394 g/mol. The zero-order valence-electron chi connectivity index (χ0n) is 13.8. The molecule has 1 atom stereocenters. The molecule has 1 unspecified atom stereocenters. The third-order valence-corrected chi connectivity index (χ3v) is 5.07. The summed E-state index contributed by atoms with van der Waals surface area (Å²) in [7, 11) is 0. The molecule has 2 rings (SSSR count). The van der Waals surface area contributed by atoms with Gasteiger partial charge in [0.25, 0.3) is 0 Å². The molecule has 0 fully saturated rings. The molecule has 0 saturated carbocycles. The van der Waals surface area contributed by atoms with Crippen LogP contribution in [0.4, 0.5) is 18.9 Å². The number of nitrogens with zero attached hydrogens (tertiary/aromatic N) is 4. The third kappa shape index (κ3) is 4.78. The molecule has 1 aliphatic rings. The first kappa shape index (κ1) is 19.8. The van der Waals surface area contributed by atoms with E-state index in [9.17, 15) is 18.0 Å². The van der Waals surface area contributed by atoms with E-state index in [2.05, 4.69) is 10.1 Å². The largest absolute Gasteiger partial charge is 0.441 e. The molecule has 0 spiro atoms. The lowest BCUT2D eigenvalue weighted by Gasteiger charge is -2.37. The average Bonchev–Trinajstić information content (AvgIpc) is 2.84. The van der Waals surface area contributed by atoms with Crippen molar-refractivity contribution in [1.29, 1.82) is 0 Å². The van der Waals surface area contributed by atoms with Gasteiger partial charge in [-0.15, -0.1) is 0 Å². The molecule has 0 radical (unpaired) electrons. The Morgan fingerprint density at radius 3 is 2.80 bits per heavy atom. The number of hydrogen-bond donors (Lipinski definition) is 0. The summed E-state index contributed by atoms with van der Waals surface area (Å²) in [6.45, 7) is 4.15. The van der Waals surface area contributed by atoms with E-state index in [1.807, 2.05) is 6.07 Å². The number of anilines is 1. The Labute approximate surface area is 153 Å². The van der Waals surface area contributed by atoms with E-state index in [1.165, 1.54) is 4.90 Å². The standard InChI is InChI=1S/C15H18ClF3N4OS/c1-3-22(12(24)6-8-25-15(17,18)19)14(2)10-23(21-13(14)16)11-5-4-7-20-9-11/h4-5,7,9H,3,6,8,10H2,1-2H3. The second-order valence-corrected chi connectivity index (χ2v) is 7.13. The Morgan fingerprint density at radius 1 is 1.52 bits per heavy atom. The first-order valence-electron chi connectivity index (χ1n) is 7.60. The van der Waals surface area contributed by atoms with E-state index >= 15 is 0 Å². The van der Waals surface area contributed by atoms with Gasteiger partial charge in [0.15, 0.2) is 5.17 Å². The summed E-state index contributed by atoms with van der Waals surface area (Å²) >= 11 is 6.10. The van der Waals surface area contributed by atoms with Gasteiger partial charge in [-0.3, -0.25) is 14.8 Å². The highest BCUT2D eigenvalue weighted by molar-refractivity contribution is 8.00. The molecule has 10 heteroatoms. The number of carbonyl (C=O) groups is 1. The fourth-order valence-corrected chi connectivity index (χ4v) is 3.41. The lowest BCUT2D eigenvalue weighted by atomic mass is 10.0. The Kier molecular flexibility index (Phi) is 6.21. The molecule has 2 heterocycles. The molecule has 0 N–H and O–H groups in total. The van der Waals surface area contributed by atoms with Gasteiger partial charge in [-0.1, -0.05) is 23.4 Å². The van der Waals surface area contributed by atoms with Crippen molar-refractivity contribution in [3.05, 3.63) is 24.5 Å². The molecule has 1 aliphatic heterocycles. The molecule has 1 aromatic rings. The Balaban J connectivity index is 2.09. The van der Waals surface area contributed by atoms with E-state index in [4.69, 9.17) is 11.6 Å². The molecular formula is C15H18ClF3N4OS. The molecule has 0 aliphatic carbocycles. The van der Waals surface area contributed by atoms with Crippen LogP contribution in [0.3, 0.4) is 0 Å². The van der Waals surface area contributed by atoms with Crippen LogP contribution in [-0.4, -0.2) is 50.9 Å². The van der Waals surface area contributed by atoms with Crippen molar-refractivity contribution in [2.75, 3.05) is 23.9 Å². The van der Waals surface area contributed by atoms with Crippen LogP contribution < -0.4 is 5.01 Å². The fraction of sp³-hybridized carbons (Fsp3) is 0.533. The highest BCUT2D eigenvalue weighted by Gasteiger charge is 2.45. The van der Waals surface area contributed by atoms with E-state index in [-0.39, 0.29) is 35.0 Å². The minimum atomic E-state index is -4.34. The van der Waals surface area contributed by atoms with E-state index < -0.39 is 11.0 Å². The SMILES string of the molecule is CCN(C(=O)CCSC(F)(F)F)C1(C)CN(c2cccnc2)N=C1Cl. The number of aromatic nitrogens is 1. The van der Waals surface area contributed by atoms with Crippen molar-refractivity contribution >= 4 is 40.1 Å². The van der Waals surface area contributed by atoms with Crippen molar-refractivity contribution in [3.8, 4) is 0 Å². The first-order valence-corrected chi connectivity index (χ1v) is 8.97. The summed E-state index contributed by atoms with van der Waals surface area (Å²) < 4.78 is 36.8. The number of hydrazone groups is 1. The van der Waals surface area contributed by atoms with Crippen LogP contribution in [0, 0.1) is 0 Å². The maximum Gasteiger partial charge on any atom is 0.441 e. The first-order chi connectivity index (χ1) is 11.7. The van der Waals surface area contributed by atoms with Gasteiger partial charge in [-0.25, -0.2) is 0 Å². The predicted molar refractivity (Wildman–Crippen MR) is 93.8 cm³/mol. The summed E-state index contributed by atoms with van der Waals surface area (Å²) in [6.07, 6.45) is 3.03. The zero-order chi connectivity index (χ0) is 18.7. The molecule has 138 valence electrons. The van der Waals surface area contributed by atoms with Crippen LogP contribution in [0.1, 0.15) is 20.3 Å². The quantitative estimate of drug-likeness (QED) is 0.738. The number of amides is 1. The second kappa shape index (κ2) is 7.82. The molecule has 5 nitrogen and oxygen atoms in total. The minimum Gasteiger partial charge on any atom is -0.329 e. The predicted octanol–water partition coefficient (Wildman–Crippen LogP) is 3.70. The van der Waals surface area contributed by atoms with E-state index in [0.717, 1.165) is 5.69 Å². The smallest absolute Gasteiger partial charge is 0.329 e. The van der Waals surface area contributed by atoms with E-state index in [1.54, 1.807) is 37.3 Å². The van der Waals surface area contributed by atoms with Crippen molar-refractivity contribution in [2.24, 2.45) is 5.10 Å². The number of alkyl halides is 3. The van der Waals surface area contributed by atoms with Gasteiger partial charge in [-0.05, 0) is 26.0 Å². The normalized spacial score (nSPS) is 20.6. The van der Waals surface area contributed by atoms with Crippen LogP contribution in [-0.2, 0) is 4.79 Å². The zero-order valence-corrected chi connectivity index (χ0v) is 15.3. The average molecular weight is 395 g/mol. The van der Waals surface area contributed by atoms with Crippen molar-refractivity contribution < 1.29 is 18.0 Å². The summed E-state index contributed by atoms with van der Waals surface area (Å²) in [4.78, 5) is 17.9. The molecule has 25 heavy (non-hydrogen) atoms. The summed E-state index contributed by atoms with van der Waals surface area (Å²) in [5.74, 6) is -0.709. The Hall–Kier alpha value is -1.48. The number of halogens is 4. The van der Waals surface area contributed by atoms with Crippen LogP contribution in [0.5, 0.6) is 0 Å². The number of thioether (sulfide) groups is 1. The Morgan fingerprint density at radius 2 is 2.24 bits per heavy atom. The highest BCUT2D eigenvalue weighted by Crippen LogP contribution is 2.33. The van der Waals surface area contributed by atoms with Gasteiger partial charge in [0.1, 0.15) is 5.54 Å². The van der Waals surface area contributed by atoms with Gasteiger partial charge in [0.05, 0.1) is 18.4 Å². The third-order valence-electron chi connectivity index (χ3n) is 3.85. The highest BCUT2D eigenvalue weighted by atomic mass is 35.5. The minimum absolute atomic E-state index is 0.200. The second-order valence-electron chi connectivity index (χ2n) is 5.62. The summed E-state index contributed by atoms with van der Waals surface area (Å²) in [5, 5.41) is 6.13. The maximum atomic E-state index is 12.4. The molecule has 1 amide bonds. The number of likely N-dealkylation sites (N-methyl/N-ethyl adjacent to an activating group) is 1. The number of carbonyl (C=O) groups excluding carboxylic acids is 1. The number of hydrogen-bond acceptors (Lipinski definition) is 5. The van der Waals surface area contributed by atoms with Crippen LogP contribution >= 0.6 is 23.4 Å². The molecule has 0 aromatic carbocycles. The fourth-order valence-electron chi connectivity index (χ4n) is 2.65. The van der Waals surface area contributed by atoms with E-state index in [0.29, 0.717) is 13.1 Å². The van der Waals surface area contributed by atoms with Gasteiger partial charge in [-0.2, -0.15) is 18.3 Å². The summed E-state index contributed by atoms with van der Waals surface area (Å²) in [6, 6.07) is 3.57. The molecule has 0 bridgehead atoms. The molecule has 1 aromatic heterocycles. The van der Waals surface area contributed by atoms with Crippen molar-refractivity contribution in [2.45, 2.75) is 31.3 Å². The Bertz CT molecular complexity index is 643. The molecule has 0 saturated heterocycles. The molecular weight excluding hydrogens is 377 g/mol. The number of pyridine rings is 1. The van der Waals surface area contributed by atoms with Crippen LogP contribution in [0.25, 0.3) is 0 Å². The topological polar surface area (TPSA) is 48.8 Å². The van der Waals surface area contributed by atoms with Crippen LogP contribution in [0.2, 0.25) is 0 Å². The van der Waals surface area contributed by atoms with Gasteiger partial charge in [0.2, 0.25) is 5.91 Å². The van der Waals surface area contributed by atoms with Crippen molar-refractivity contribution in [1.82, 2.24) is 9.88 Å². The lowest BCUT2D eigenvalue weighted by molar-refractivity contribution is -0.133. The lowest BCUT2D eigenvalue weighted by Crippen LogP contribution is -2.55. The van der Waals surface area contributed by atoms with Gasteiger partial charge >= 0.3 is 5.51 Å². The summed E-state index contributed by atoms with van der Waals surface area (Å²) in [5.41, 5.74) is -4.52. The van der Waals surface area contributed by atoms with Gasteiger partial charge in [0, 0.05) is 24.9 Å².